The molecule has 0 spiro atoms. The van der Waals surface area contributed by atoms with E-state index in [-0.39, 0.29) is 0 Å². The third-order valence-corrected chi connectivity index (χ3v) is 8.81. The van der Waals surface area contributed by atoms with Crippen molar-refractivity contribution in [2.45, 2.75) is 88.8 Å². The lowest BCUT2D eigenvalue weighted by Crippen LogP contribution is -2.97. The number of nitrogens with zero attached hydrogens (tertiary/aromatic N) is 2. The zero-order chi connectivity index (χ0) is 44.7. The molecule has 0 saturated heterocycles. The Kier molecular flexibility index (Phi) is 9.91. The van der Waals surface area contributed by atoms with Gasteiger partial charge < -0.3 is 0 Å². The lowest BCUT2D eigenvalue weighted by Gasteiger charge is -2.68. The number of hydrogen-bond acceptors (Lipinski definition) is 4. The van der Waals surface area contributed by atoms with Gasteiger partial charge in [0.2, 0.25) is 17.8 Å². The number of hydrogen-bond donors (Lipinski definition) is 0. The molecule has 2 aliphatic rings. The molecule has 0 bridgehead atoms. The van der Waals surface area contributed by atoms with Gasteiger partial charge in [-0.1, -0.05) is 0 Å². The fraction of sp³-hybridized carbons (Fsp3) is 0.905. The van der Waals surface area contributed by atoms with Crippen LogP contribution in [0.1, 0.15) is 0 Å². The van der Waals surface area contributed by atoms with E-state index in [0.717, 1.165) is 9.98 Å². The van der Waals surface area contributed by atoms with Crippen molar-refractivity contribution >= 4 is 12.2 Å². The molecule has 0 aromatic heterocycles. The Bertz CT molecular complexity index is 1490. The van der Waals surface area contributed by atoms with Gasteiger partial charge >= 0.3 is 83.2 Å². The van der Waals surface area contributed by atoms with Gasteiger partial charge in [0.15, 0.2) is 10.8 Å². The number of alkyl halides is 30. The average Bonchev–Trinajstić information content (AvgIpc) is 2.98. The Labute approximate surface area is 277 Å². The van der Waals surface area contributed by atoms with Gasteiger partial charge in [0.05, 0.1) is 13.1 Å². The Morgan fingerprint density at radius 3 is 0.709 bits per heavy atom. The van der Waals surface area contributed by atoms with Crippen molar-refractivity contribution < 1.29 is 141 Å². The second kappa shape index (κ2) is 11.4. The van der Waals surface area contributed by atoms with Crippen molar-refractivity contribution in [3.63, 3.8) is 0 Å². The summed E-state index contributed by atoms with van der Waals surface area (Å²) in [6.45, 7) is -11.1. The molecule has 0 aliphatic heterocycles. The van der Waals surface area contributed by atoms with Crippen molar-refractivity contribution in [3.05, 3.63) is 0 Å². The monoisotopic (exact) mass is 886 g/mol. The normalized spacial score (nSPS) is 28.8. The quantitative estimate of drug-likeness (QED) is 0.132. The largest absolute Gasteiger partial charge is 0.460 e. The molecule has 0 atom stereocenters. The Morgan fingerprint density at radius 2 is 0.527 bits per heavy atom. The molecule has 0 heterocycles. The first-order chi connectivity index (χ1) is 23.6. The van der Waals surface area contributed by atoms with E-state index < -0.39 is 125 Å². The van der Waals surface area contributed by atoms with Gasteiger partial charge in [-0.05, 0) is 0 Å². The molecule has 0 aromatic rings. The molecule has 34 heteroatoms. The van der Waals surface area contributed by atoms with Crippen molar-refractivity contribution in [2.24, 2.45) is 20.8 Å². The summed E-state index contributed by atoms with van der Waals surface area (Å²) >= 11 is 0. The van der Waals surface area contributed by atoms with E-state index in [1.165, 1.54) is 0 Å². The van der Waals surface area contributed by atoms with Crippen LogP contribution in [0.3, 0.4) is 0 Å². The predicted molar refractivity (Wildman–Crippen MR) is 105 cm³/mol. The molecular weight excluding hydrogens is 882 g/mol. The molecule has 2 fully saturated rings. The molecule has 320 valence electrons. The molecule has 0 unspecified atom stereocenters. The van der Waals surface area contributed by atoms with Gasteiger partial charge in [0.1, 0.15) is 0 Å². The lowest BCUT2D eigenvalue weighted by atomic mass is 9.42. The number of rotatable bonds is 9. The van der Waals surface area contributed by atoms with E-state index in [0.29, 0.717) is 0 Å². The van der Waals surface area contributed by atoms with Crippen LogP contribution < -0.4 is 0 Å². The molecule has 2 aliphatic carbocycles. The highest BCUT2D eigenvalue weighted by molar-refractivity contribution is 5.44. The Hall–Kier alpha value is -3.34. The number of isocyanates is 2. The summed E-state index contributed by atoms with van der Waals surface area (Å²) in [5, 5.41) is 0. The molecule has 0 radical (unpaired) electrons. The van der Waals surface area contributed by atoms with Gasteiger partial charge in [-0.25, -0.2) is 24.0 Å². The van der Waals surface area contributed by atoms with Crippen molar-refractivity contribution in [2.75, 3.05) is 13.1 Å². The average molecular weight is 886 g/mol. The second-order valence-electron chi connectivity index (χ2n) is 11.2. The summed E-state index contributed by atoms with van der Waals surface area (Å²) in [5.74, 6) is -125. The fourth-order valence-corrected chi connectivity index (χ4v) is 5.92. The van der Waals surface area contributed by atoms with Crippen molar-refractivity contribution in [1.82, 2.24) is 0 Å². The zero-order valence-electron chi connectivity index (χ0n) is 24.0. The maximum absolute atomic E-state index is 17.5. The topological polar surface area (TPSA) is 58.9 Å². The standard InChI is InChI=1S/C21H4F30N2O2/c22-7(12(31,32)17(41,42)20(47,48)21(49,50)51,5(1-52-3-54)8(23,24)13(33,34)18(43,44)14(35,36)9(5,25)26)6(2-53-4-55)10(27,28)15(37,38)19(45,46)16(39,40)11(6,29)30/h1-2H2. The van der Waals surface area contributed by atoms with Crippen LogP contribution in [-0.2, 0) is 9.59 Å². The zero-order valence-corrected chi connectivity index (χ0v) is 24.0. The van der Waals surface area contributed by atoms with Crippen LogP contribution in [0.15, 0.2) is 9.98 Å². The molecule has 0 aromatic carbocycles. The van der Waals surface area contributed by atoms with Crippen LogP contribution in [0.25, 0.3) is 0 Å². The lowest BCUT2D eigenvalue weighted by molar-refractivity contribution is -0.560. The van der Waals surface area contributed by atoms with Gasteiger partial charge in [-0.15, -0.1) is 0 Å². The second-order valence-corrected chi connectivity index (χ2v) is 11.2. The van der Waals surface area contributed by atoms with E-state index in [9.17, 15) is 93.0 Å². The van der Waals surface area contributed by atoms with E-state index in [1.807, 2.05) is 0 Å². The minimum Gasteiger partial charge on any atom is -0.235 e. The first-order valence-electron chi connectivity index (χ1n) is 12.4. The SMILES string of the molecule is O=C=NCC1(C(F)(C(F)(F)C(F)(F)C(F)(F)C(F)(F)F)C2(CN=C=O)C(F)(F)C(F)(F)C(F)(F)C(F)(F)C2(F)F)C(F)(F)C(F)(F)C(F)(F)C(F)(F)C1(F)F. The van der Waals surface area contributed by atoms with Crippen LogP contribution in [0.2, 0.25) is 0 Å². The molecule has 0 N–H and O–H groups in total. The smallest absolute Gasteiger partial charge is 0.235 e. The third-order valence-electron chi connectivity index (χ3n) is 8.81. The van der Waals surface area contributed by atoms with Gasteiger partial charge in [0.25, 0.3) is 0 Å². The van der Waals surface area contributed by atoms with E-state index in [1.54, 1.807) is 0 Å². The molecule has 4 nitrogen and oxygen atoms in total. The van der Waals surface area contributed by atoms with Crippen molar-refractivity contribution in [3.8, 4) is 0 Å². The summed E-state index contributed by atoms with van der Waals surface area (Å²) in [6, 6.07) is 0. The summed E-state index contributed by atoms with van der Waals surface area (Å²) in [6.07, 6.45) is -10.7. The predicted octanol–water partition coefficient (Wildman–Crippen LogP) is 9.19. The minimum absolute atomic E-state index is 0.787. The van der Waals surface area contributed by atoms with Crippen LogP contribution in [-0.4, -0.2) is 114 Å². The maximum atomic E-state index is 17.5. The highest BCUT2D eigenvalue weighted by atomic mass is 19.4. The van der Waals surface area contributed by atoms with E-state index in [2.05, 4.69) is 0 Å². The highest BCUT2D eigenvalue weighted by Gasteiger charge is 3.14. The summed E-state index contributed by atoms with van der Waals surface area (Å²) < 4.78 is 444. The highest BCUT2D eigenvalue weighted by Crippen LogP contribution is 2.85. The van der Waals surface area contributed by atoms with E-state index in [4.69, 9.17) is 0 Å². The molecule has 2 saturated carbocycles. The molecule has 0 amide bonds. The Morgan fingerprint density at radius 1 is 0.327 bits per heavy atom. The first kappa shape index (κ1) is 47.8. The summed E-state index contributed by atoms with van der Waals surface area (Å²) in [5.41, 5.74) is -30.5. The van der Waals surface area contributed by atoms with Gasteiger partial charge in [0, 0.05) is 0 Å². The van der Waals surface area contributed by atoms with Crippen LogP contribution in [0.5, 0.6) is 0 Å². The molecular formula is C21H4F30N2O2. The fourth-order valence-electron chi connectivity index (χ4n) is 5.92. The number of aliphatic imine (C=N–C) groups is 2. The van der Waals surface area contributed by atoms with Gasteiger partial charge in [-0.3, -0.25) is 0 Å². The minimum atomic E-state index is -10.9. The Balaban J connectivity index is 4.03. The van der Waals surface area contributed by atoms with Crippen LogP contribution in [0, 0.1) is 10.8 Å². The van der Waals surface area contributed by atoms with Gasteiger partial charge in [-0.2, -0.15) is 127 Å². The van der Waals surface area contributed by atoms with Crippen LogP contribution in [0.4, 0.5) is 132 Å². The van der Waals surface area contributed by atoms with Crippen LogP contribution >= 0.6 is 0 Å². The third kappa shape index (κ3) is 4.22. The number of carbonyl (C=O) groups excluding carboxylic acids is 2. The summed E-state index contributed by atoms with van der Waals surface area (Å²) in [7, 11) is 0. The van der Waals surface area contributed by atoms with E-state index >= 15 is 48.3 Å². The molecule has 2 rings (SSSR count). The van der Waals surface area contributed by atoms with Crippen molar-refractivity contribution in [1.29, 1.82) is 0 Å². The molecule has 55 heavy (non-hydrogen) atoms. The maximum Gasteiger partial charge on any atom is 0.460 e. The summed E-state index contributed by atoms with van der Waals surface area (Å²) in [4.78, 5) is 22.7. The number of halogens is 30. The first-order valence-corrected chi connectivity index (χ1v) is 12.4.